The summed E-state index contributed by atoms with van der Waals surface area (Å²) >= 11 is 0. The van der Waals surface area contributed by atoms with Crippen molar-refractivity contribution >= 4 is 11.9 Å². The maximum Gasteiger partial charge on any atom is 0.239 e. The van der Waals surface area contributed by atoms with Crippen molar-refractivity contribution in [2.75, 3.05) is 25.4 Å². The van der Waals surface area contributed by atoms with Crippen molar-refractivity contribution in [3.63, 3.8) is 0 Å². The van der Waals surface area contributed by atoms with Crippen LogP contribution in [0.25, 0.3) is 0 Å². The predicted molar refractivity (Wildman–Crippen MR) is 72.2 cm³/mol. The van der Waals surface area contributed by atoms with Crippen molar-refractivity contribution in [3.05, 3.63) is 5.82 Å². The molecule has 1 aromatic heterocycles. The lowest BCUT2D eigenvalue weighted by atomic mass is 10.1. The second-order valence-corrected chi connectivity index (χ2v) is 4.96. The quantitative estimate of drug-likeness (QED) is 0.726. The summed E-state index contributed by atoms with van der Waals surface area (Å²) in [6.45, 7) is 2.84. The Kier molecular flexibility index (Phi) is 5.14. The second-order valence-electron chi connectivity index (χ2n) is 4.96. The number of amides is 1. The highest BCUT2D eigenvalue weighted by Gasteiger charge is 2.12. The normalized spacial score (nSPS) is 17.7. The van der Waals surface area contributed by atoms with E-state index < -0.39 is 0 Å². The summed E-state index contributed by atoms with van der Waals surface area (Å²) < 4.78 is 0. The van der Waals surface area contributed by atoms with Crippen LogP contribution in [-0.2, 0) is 11.3 Å². The molecule has 1 saturated heterocycles. The molecule has 2 heterocycles. The van der Waals surface area contributed by atoms with Crippen LogP contribution < -0.4 is 11.1 Å². The van der Waals surface area contributed by atoms with Gasteiger partial charge in [0.25, 0.3) is 0 Å². The van der Waals surface area contributed by atoms with Crippen molar-refractivity contribution in [2.24, 2.45) is 0 Å². The number of likely N-dealkylation sites (tertiary alicyclic amines) is 1. The van der Waals surface area contributed by atoms with Crippen molar-refractivity contribution in [1.82, 2.24) is 25.4 Å². The number of anilines is 1. The molecule has 1 fully saturated rings. The van der Waals surface area contributed by atoms with E-state index in [1.54, 1.807) is 0 Å². The Bertz CT molecular complexity index is 397. The summed E-state index contributed by atoms with van der Waals surface area (Å²) in [7, 11) is 0. The molecule has 1 amide bonds. The highest BCUT2D eigenvalue weighted by Crippen LogP contribution is 2.09. The van der Waals surface area contributed by atoms with Gasteiger partial charge in [-0.05, 0) is 25.9 Å². The van der Waals surface area contributed by atoms with E-state index in [0.29, 0.717) is 18.9 Å². The smallest absolute Gasteiger partial charge is 0.239 e. The molecule has 1 aliphatic rings. The third-order valence-corrected chi connectivity index (χ3v) is 3.32. The van der Waals surface area contributed by atoms with Gasteiger partial charge in [-0.2, -0.15) is 4.98 Å². The van der Waals surface area contributed by atoms with E-state index >= 15 is 0 Å². The average molecular weight is 266 g/mol. The van der Waals surface area contributed by atoms with Crippen molar-refractivity contribution in [3.8, 4) is 0 Å². The van der Waals surface area contributed by atoms with E-state index in [9.17, 15) is 4.79 Å². The number of carbonyl (C=O) groups is 1. The minimum absolute atomic E-state index is 0.0237. The number of hydrogen-bond acceptors (Lipinski definition) is 5. The first-order valence-electron chi connectivity index (χ1n) is 6.90. The Balaban J connectivity index is 1.70. The van der Waals surface area contributed by atoms with Crippen LogP contribution in [0.2, 0.25) is 0 Å². The molecule has 0 aromatic carbocycles. The van der Waals surface area contributed by atoms with E-state index in [-0.39, 0.29) is 11.9 Å². The molecule has 1 aromatic rings. The van der Waals surface area contributed by atoms with Gasteiger partial charge in [-0.15, -0.1) is 5.10 Å². The Labute approximate surface area is 113 Å². The van der Waals surface area contributed by atoms with Gasteiger partial charge in [0.1, 0.15) is 5.82 Å². The molecular weight excluding hydrogens is 244 g/mol. The first-order chi connectivity index (χ1) is 9.24. The van der Waals surface area contributed by atoms with E-state index in [2.05, 4.69) is 25.4 Å². The highest BCUT2D eigenvalue weighted by atomic mass is 16.2. The molecule has 0 atom stereocenters. The van der Waals surface area contributed by atoms with E-state index in [1.807, 2.05) is 0 Å². The predicted octanol–water partition coefficient (Wildman–Crippen LogP) is 0.269. The standard InChI is InChI=1S/C12H22N6O/c13-12-15-10(16-17-12)8-14-11(19)9-18-6-4-2-1-3-5-7-18/h1-9H2,(H,14,19)(H3,13,15,16,17). The van der Waals surface area contributed by atoms with Crippen LogP contribution >= 0.6 is 0 Å². The summed E-state index contributed by atoms with van der Waals surface area (Å²) in [5.41, 5.74) is 5.39. The number of aromatic amines is 1. The van der Waals surface area contributed by atoms with Gasteiger partial charge in [-0.1, -0.05) is 19.3 Å². The van der Waals surface area contributed by atoms with E-state index in [1.165, 1.54) is 32.1 Å². The monoisotopic (exact) mass is 266 g/mol. The first kappa shape index (κ1) is 13.8. The van der Waals surface area contributed by atoms with Gasteiger partial charge < -0.3 is 11.1 Å². The number of aromatic nitrogens is 3. The molecule has 106 valence electrons. The molecule has 2 rings (SSSR count). The number of H-pyrrole nitrogens is 1. The van der Waals surface area contributed by atoms with Gasteiger partial charge in [0.15, 0.2) is 0 Å². The third-order valence-electron chi connectivity index (χ3n) is 3.32. The summed E-state index contributed by atoms with van der Waals surface area (Å²) in [6.07, 6.45) is 6.25. The summed E-state index contributed by atoms with van der Waals surface area (Å²) in [6, 6.07) is 0. The van der Waals surface area contributed by atoms with Crippen LogP contribution in [-0.4, -0.2) is 45.6 Å². The molecule has 7 nitrogen and oxygen atoms in total. The number of nitrogens with zero attached hydrogens (tertiary/aromatic N) is 3. The fourth-order valence-electron chi connectivity index (χ4n) is 2.30. The zero-order valence-electron chi connectivity index (χ0n) is 11.2. The van der Waals surface area contributed by atoms with E-state index in [0.717, 1.165) is 13.1 Å². The second kappa shape index (κ2) is 7.08. The van der Waals surface area contributed by atoms with Crippen molar-refractivity contribution in [1.29, 1.82) is 0 Å². The van der Waals surface area contributed by atoms with Crippen molar-refractivity contribution < 1.29 is 4.79 Å². The zero-order chi connectivity index (χ0) is 13.5. The van der Waals surface area contributed by atoms with Crippen LogP contribution in [0.5, 0.6) is 0 Å². The minimum atomic E-state index is 0.0237. The number of nitrogens with one attached hydrogen (secondary N) is 2. The molecule has 0 spiro atoms. The highest BCUT2D eigenvalue weighted by molar-refractivity contribution is 5.77. The zero-order valence-corrected chi connectivity index (χ0v) is 11.2. The molecule has 0 saturated carbocycles. The largest absolute Gasteiger partial charge is 0.367 e. The van der Waals surface area contributed by atoms with Crippen LogP contribution in [0.3, 0.4) is 0 Å². The molecule has 4 N–H and O–H groups in total. The van der Waals surface area contributed by atoms with Gasteiger partial charge in [0.2, 0.25) is 11.9 Å². The summed E-state index contributed by atoms with van der Waals surface area (Å²) in [5, 5.41) is 9.21. The molecule has 1 aliphatic heterocycles. The number of hydrogen-bond donors (Lipinski definition) is 3. The van der Waals surface area contributed by atoms with Crippen LogP contribution in [0, 0.1) is 0 Å². The summed E-state index contributed by atoms with van der Waals surface area (Å²) in [5.74, 6) is 0.807. The molecule has 0 aliphatic carbocycles. The molecular formula is C12H22N6O. The van der Waals surface area contributed by atoms with Crippen molar-refractivity contribution in [2.45, 2.75) is 38.6 Å². The van der Waals surface area contributed by atoms with Gasteiger partial charge in [0.05, 0.1) is 13.1 Å². The first-order valence-corrected chi connectivity index (χ1v) is 6.90. The summed E-state index contributed by atoms with van der Waals surface area (Å²) in [4.78, 5) is 18.0. The van der Waals surface area contributed by atoms with Gasteiger partial charge in [0, 0.05) is 0 Å². The fraction of sp³-hybridized carbons (Fsp3) is 0.750. The lowest BCUT2D eigenvalue weighted by molar-refractivity contribution is -0.122. The Morgan fingerprint density at radius 3 is 2.58 bits per heavy atom. The maximum atomic E-state index is 11.8. The van der Waals surface area contributed by atoms with Gasteiger partial charge in [-0.25, -0.2) is 0 Å². The minimum Gasteiger partial charge on any atom is -0.367 e. The van der Waals surface area contributed by atoms with Gasteiger partial charge >= 0.3 is 0 Å². The molecule has 0 bridgehead atoms. The van der Waals surface area contributed by atoms with Crippen LogP contribution in [0.1, 0.15) is 37.9 Å². The van der Waals surface area contributed by atoms with Gasteiger partial charge in [-0.3, -0.25) is 14.8 Å². The number of carbonyl (C=O) groups excluding carboxylic acids is 1. The van der Waals surface area contributed by atoms with E-state index in [4.69, 9.17) is 5.73 Å². The number of rotatable bonds is 4. The van der Waals surface area contributed by atoms with Crippen LogP contribution in [0.4, 0.5) is 5.95 Å². The topological polar surface area (TPSA) is 99.9 Å². The SMILES string of the molecule is Nc1n[nH]c(CNC(=O)CN2CCCCCCC2)n1. The molecule has 0 unspecified atom stereocenters. The lowest BCUT2D eigenvalue weighted by Crippen LogP contribution is -2.38. The molecule has 7 heteroatoms. The van der Waals surface area contributed by atoms with Crippen LogP contribution in [0.15, 0.2) is 0 Å². The fourth-order valence-corrected chi connectivity index (χ4v) is 2.30. The Morgan fingerprint density at radius 1 is 1.26 bits per heavy atom. The maximum absolute atomic E-state index is 11.8. The number of nitrogens with two attached hydrogens (primary N) is 1. The third kappa shape index (κ3) is 4.86. The molecule has 19 heavy (non-hydrogen) atoms. The Morgan fingerprint density at radius 2 is 1.95 bits per heavy atom. The Hall–Kier alpha value is -1.63. The molecule has 0 radical (unpaired) electrons. The average Bonchev–Trinajstić information content (AvgIpc) is 2.76. The lowest BCUT2D eigenvalue weighted by Gasteiger charge is -2.23. The number of nitrogen functional groups attached to an aromatic ring is 1.